The van der Waals surface area contributed by atoms with Gasteiger partial charge in [-0.25, -0.2) is 0 Å². The molecular weight excluding hydrogens is 276 g/mol. The van der Waals surface area contributed by atoms with Crippen molar-refractivity contribution in [1.29, 1.82) is 0 Å². The maximum Gasteiger partial charge on any atom is 0.228 e. The van der Waals surface area contributed by atoms with E-state index in [0.717, 1.165) is 42.8 Å². The van der Waals surface area contributed by atoms with E-state index in [4.69, 9.17) is 16.3 Å². The number of hydrogen-bond donors (Lipinski definition) is 2. The first-order valence-electron chi connectivity index (χ1n) is 7.16. The normalized spacial score (nSPS) is 25.2. The summed E-state index contributed by atoms with van der Waals surface area (Å²) in [6.07, 6.45) is 3.79. The first kappa shape index (κ1) is 13.7. The second-order valence-electron chi connectivity index (χ2n) is 5.48. The summed E-state index contributed by atoms with van der Waals surface area (Å²) >= 11 is 6.30. The molecule has 1 aromatic carbocycles. The number of carbonyl (C=O) groups is 1. The molecule has 4 nitrogen and oxygen atoms in total. The van der Waals surface area contributed by atoms with Crippen LogP contribution in [0.15, 0.2) is 12.1 Å². The molecule has 0 bridgehead atoms. The van der Waals surface area contributed by atoms with Crippen molar-refractivity contribution in [2.75, 3.05) is 17.2 Å². The Morgan fingerprint density at radius 2 is 2.35 bits per heavy atom. The lowest BCUT2D eigenvalue weighted by atomic mass is 10.0. The molecule has 0 radical (unpaired) electrons. The van der Waals surface area contributed by atoms with Gasteiger partial charge in [0.15, 0.2) is 0 Å². The van der Waals surface area contributed by atoms with Gasteiger partial charge in [-0.15, -0.1) is 0 Å². The third kappa shape index (κ3) is 2.76. The zero-order chi connectivity index (χ0) is 14.1. The molecular formula is C15H19ClN2O2. The summed E-state index contributed by atoms with van der Waals surface area (Å²) in [6, 6.07) is 4.21. The minimum atomic E-state index is 0.0327. The van der Waals surface area contributed by atoms with E-state index in [0.29, 0.717) is 23.6 Å². The van der Waals surface area contributed by atoms with E-state index >= 15 is 0 Å². The van der Waals surface area contributed by atoms with E-state index < -0.39 is 0 Å². The smallest absolute Gasteiger partial charge is 0.228 e. The molecule has 0 spiro atoms. The highest BCUT2D eigenvalue weighted by molar-refractivity contribution is 6.33. The third-order valence-corrected chi connectivity index (χ3v) is 4.31. The van der Waals surface area contributed by atoms with E-state index in [9.17, 15) is 4.79 Å². The fourth-order valence-corrected chi connectivity index (χ4v) is 3.09. The van der Waals surface area contributed by atoms with Gasteiger partial charge < -0.3 is 15.4 Å². The van der Waals surface area contributed by atoms with Crippen LogP contribution < -0.4 is 10.6 Å². The number of amides is 1. The van der Waals surface area contributed by atoms with Crippen molar-refractivity contribution < 1.29 is 9.53 Å². The molecule has 2 aliphatic heterocycles. The highest BCUT2D eigenvalue weighted by Gasteiger charge is 2.24. The van der Waals surface area contributed by atoms with Crippen LogP contribution in [0.25, 0.3) is 0 Å². The third-order valence-electron chi connectivity index (χ3n) is 4.00. The predicted molar refractivity (Wildman–Crippen MR) is 80.5 cm³/mol. The van der Waals surface area contributed by atoms with Gasteiger partial charge in [-0.3, -0.25) is 4.79 Å². The number of fused-ring (bicyclic) bond motifs is 1. The molecule has 2 atom stereocenters. The molecule has 0 saturated carbocycles. The lowest BCUT2D eigenvalue weighted by molar-refractivity contribution is -0.115. The standard InChI is InChI=1S/C15H19ClN2O2/c1-2-11-7-10(3-4-20-11)17-14-5-9-6-15(19)18-13(9)8-12(14)16/h5,8,10-11,17H,2-4,6-7H2,1H3,(H,18,19). The van der Waals surface area contributed by atoms with Gasteiger partial charge in [-0.05, 0) is 37.0 Å². The lowest BCUT2D eigenvalue weighted by Gasteiger charge is -2.30. The average Bonchev–Trinajstić information content (AvgIpc) is 2.78. The van der Waals surface area contributed by atoms with Crippen LogP contribution >= 0.6 is 11.6 Å². The topological polar surface area (TPSA) is 50.4 Å². The van der Waals surface area contributed by atoms with Crippen molar-refractivity contribution >= 4 is 28.9 Å². The molecule has 2 aliphatic rings. The van der Waals surface area contributed by atoms with Gasteiger partial charge in [0.1, 0.15) is 0 Å². The molecule has 0 aliphatic carbocycles. The summed E-state index contributed by atoms with van der Waals surface area (Å²) in [7, 11) is 0. The van der Waals surface area contributed by atoms with Crippen molar-refractivity contribution in [3.05, 3.63) is 22.7 Å². The number of hydrogen-bond acceptors (Lipinski definition) is 3. The summed E-state index contributed by atoms with van der Waals surface area (Å²) in [6.45, 7) is 2.94. The molecule has 108 valence electrons. The lowest BCUT2D eigenvalue weighted by Crippen LogP contribution is -2.33. The van der Waals surface area contributed by atoms with Crippen LogP contribution in [-0.2, 0) is 16.0 Å². The fourth-order valence-electron chi connectivity index (χ4n) is 2.87. The Bertz CT molecular complexity index is 533. The molecule has 2 N–H and O–H groups in total. The van der Waals surface area contributed by atoms with Crippen LogP contribution in [0.4, 0.5) is 11.4 Å². The van der Waals surface area contributed by atoms with Gasteiger partial charge in [0.05, 0.1) is 23.2 Å². The first-order chi connectivity index (χ1) is 9.65. The predicted octanol–water partition coefficient (Wildman–Crippen LogP) is 3.20. The van der Waals surface area contributed by atoms with Crippen LogP contribution in [0.3, 0.4) is 0 Å². The van der Waals surface area contributed by atoms with E-state index in [1.54, 1.807) is 0 Å². The summed E-state index contributed by atoms with van der Waals surface area (Å²) < 4.78 is 5.69. The fraction of sp³-hybridized carbons (Fsp3) is 0.533. The molecule has 0 aromatic heterocycles. The van der Waals surface area contributed by atoms with Crippen molar-refractivity contribution in [2.45, 2.75) is 44.8 Å². The van der Waals surface area contributed by atoms with Crippen molar-refractivity contribution in [2.24, 2.45) is 0 Å². The van der Waals surface area contributed by atoms with Gasteiger partial charge in [0, 0.05) is 18.3 Å². The molecule has 3 rings (SSSR count). The number of benzene rings is 1. The SMILES string of the molecule is CCC1CC(Nc2cc3c(cc2Cl)NC(=O)C3)CCO1. The van der Waals surface area contributed by atoms with E-state index in [1.165, 1.54) is 0 Å². The van der Waals surface area contributed by atoms with Crippen LogP contribution in [-0.4, -0.2) is 24.7 Å². The monoisotopic (exact) mass is 294 g/mol. The van der Waals surface area contributed by atoms with E-state index in [2.05, 4.69) is 17.6 Å². The van der Waals surface area contributed by atoms with E-state index in [1.807, 2.05) is 12.1 Å². The van der Waals surface area contributed by atoms with Crippen LogP contribution in [0, 0.1) is 0 Å². The maximum atomic E-state index is 11.4. The number of ether oxygens (including phenoxy) is 1. The molecule has 1 amide bonds. The number of anilines is 2. The van der Waals surface area contributed by atoms with Crippen LogP contribution in [0.5, 0.6) is 0 Å². The first-order valence-corrected chi connectivity index (χ1v) is 7.54. The molecule has 1 fully saturated rings. The quantitative estimate of drug-likeness (QED) is 0.900. The minimum absolute atomic E-state index is 0.0327. The molecule has 20 heavy (non-hydrogen) atoms. The van der Waals surface area contributed by atoms with Crippen molar-refractivity contribution in [1.82, 2.24) is 0 Å². The van der Waals surface area contributed by atoms with E-state index in [-0.39, 0.29) is 5.91 Å². The molecule has 2 unspecified atom stereocenters. The Morgan fingerprint density at radius 1 is 1.50 bits per heavy atom. The molecule has 5 heteroatoms. The number of halogens is 1. The van der Waals surface area contributed by atoms with Crippen LogP contribution in [0.2, 0.25) is 5.02 Å². The number of rotatable bonds is 3. The largest absolute Gasteiger partial charge is 0.381 e. The van der Waals surface area contributed by atoms with Gasteiger partial charge in [0.25, 0.3) is 0 Å². The number of carbonyl (C=O) groups excluding carboxylic acids is 1. The van der Waals surface area contributed by atoms with Gasteiger partial charge >= 0.3 is 0 Å². The Morgan fingerprint density at radius 3 is 3.15 bits per heavy atom. The van der Waals surface area contributed by atoms with Crippen molar-refractivity contribution in [3.63, 3.8) is 0 Å². The maximum absolute atomic E-state index is 11.4. The van der Waals surface area contributed by atoms with Gasteiger partial charge in [0.2, 0.25) is 5.91 Å². The molecule has 1 aromatic rings. The average molecular weight is 295 g/mol. The zero-order valence-corrected chi connectivity index (χ0v) is 12.3. The Hall–Kier alpha value is -1.26. The van der Waals surface area contributed by atoms with Crippen molar-refractivity contribution in [3.8, 4) is 0 Å². The van der Waals surface area contributed by atoms with Gasteiger partial charge in [-0.2, -0.15) is 0 Å². The summed E-state index contributed by atoms with van der Waals surface area (Å²) in [5.41, 5.74) is 2.77. The Labute approximate surface area is 123 Å². The molecule has 2 heterocycles. The number of nitrogens with one attached hydrogen (secondary N) is 2. The highest BCUT2D eigenvalue weighted by atomic mass is 35.5. The molecule has 1 saturated heterocycles. The zero-order valence-electron chi connectivity index (χ0n) is 11.5. The second-order valence-corrected chi connectivity index (χ2v) is 5.89. The van der Waals surface area contributed by atoms with Gasteiger partial charge in [-0.1, -0.05) is 18.5 Å². The highest BCUT2D eigenvalue weighted by Crippen LogP contribution is 2.34. The summed E-state index contributed by atoms with van der Waals surface area (Å²) in [5.74, 6) is 0.0327. The Balaban J connectivity index is 1.74. The van der Waals surface area contributed by atoms with Crippen LogP contribution in [0.1, 0.15) is 31.7 Å². The Kier molecular flexibility index (Phi) is 3.85. The summed E-state index contributed by atoms with van der Waals surface area (Å²) in [5, 5.41) is 6.98. The minimum Gasteiger partial charge on any atom is -0.381 e. The summed E-state index contributed by atoms with van der Waals surface area (Å²) in [4.78, 5) is 11.4. The second kappa shape index (κ2) is 5.62.